The first kappa shape index (κ1) is 14.5. The van der Waals surface area contributed by atoms with Crippen LogP contribution in [0.25, 0.3) is 0 Å². The Morgan fingerprint density at radius 1 is 1.47 bits per heavy atom. The number of hydrogen-bond acceptors (Lipinski definition) is 4. The number of thioether (sulfide) groups is 1. The van der Waals surface area contributed by atoms with Gasteiger partial charge in [0.15, 0.2) is 0 Å². The van der Waals surface area contributed by atoms with Crippen molar-refractivity contribution in [1.82, 2.24) is 10.3 Å². The second kappa shape index (κ2) is 8.49. The van der Waals surface area contributed by atoms with E-state index in [0.29, 0.717) is 16.8 Å². The van der Waals surface area contributed by atoms with Gasteiger partial charge in [0, 0.05) is 18.9 Å². The van der Waals surface area contributed by atoms with E-state index in [4.69, 9.17) is 5.11 Å². The fourth-order valence-corrected chi connectivity index (χ4v) is 2.26. The second-order valence-corrected chi connectivity index (χ2v) is 5.33. The van der Waals surface area contributed by atoms with Crippen LogP contribution in [0.5, 0.6) is 0 Å². The molecule has 2 N–H and O–H groups in total. The molecule has 0 aliphatic rings. The molecule has 0 radical (unpaired) electrons. The van der Waals surface area contributed by atoms with Crippen LogP contribution in [0.1, 0.15) is 16.9 Å². The number of pyridine rings is 1. The Kier molecular flexibility index (Phi) is 7.23. The van der Waals surface area contributed by atoms with Gasteiger partial charge in [-0.2, -0.15) is 11.8 Å². The summed E-state index contributed by atoms with van der Waals surface area (Å²) in [4.78, 5) is 15.7. The molecule has 94 valence electrons. The van der Waals surface area contributed by atoms with Crippen LogP contribution in [0.2, 0.25) is 0 Å². The molecule has 1 rings (SSSR count). The highest BCUT2D eigenvalue weighted by atomic mass is 79.9. The topological polar surface area (TPSA) is 62.2 Å². The molecule has 0 bridgehead atoms. The third kappa shape index (κ3) is 6.05. The van der Waals surface area contributed by atoms with Crippen LogP contribution in [0.3, 0.4) is 0 Å². The van der Waals surface area contributed by atoms with Crippen LogP contribution >= 0.6 is 27.7 Å². The minimum Gasteiger partial charge on any atom is -0.396 e. The number of aromatic nitrogens is 1. The van der Waals surface area contributed by atoms with E-state index in [1.54, 1.807) is 30.0 Å². The molecule has 4 nitrogen and oxygen atoms in total. The number of nitrogens with one attached hydrogen (secondary N) is 1. The van der Waals surface area contributed by atoms with Gasteiger partial charge in [0.05, 0.1) is 0 Å². The standard InChI is InChI=1S/C11H15BrN2O2S/c12-10-4-1-3-9(14-10)11(16)13-5-8-17-7-2-6-15/h1,3-4,15H,2,5-8H2,(H,13,16). The van der Waals surface area contributed by atoms with Crippen molar-refractivity contribution in [2.75, 3.05) is 24.7 Å². The first-order valence-electron chi connectivity index (χ1n) is 5.33. The Morgan fingerprint density at radius 3 is 3.00 bits per heavy atom. The van der Waals surface area contributed by atoms with E-state index in [9.17, 15) is 4.79 Å². The van der Waals surface area contributed by atoms with Crippen molar-refractivity contribution in [2.24, 2.45) is 0 Å². The number of rotatable bonds is 7. The van der Waals surface area contributed by atoms with Crippen molar-refractivity contribution < 1.29 is 9.90 Å². The summed E-state index contributed by atoms with van der Waals surface area (Å²) in [7, 11) is 0. The third-order valence-electron chi connectivity index (χ3n) is 1.93. The van der Waals surface area contributed by atoms with Gasteiger partial charge in [-0.25, -0.2) is 4.98 Å². The predicted molar refractivity (Wildman–Crippen MR) is 73.3 cm³/mol. The summed E-state index contributed by atoms with van der Waals surface area (Å²) in [5, 5.41) is 11.4. The smallest absolute Gasteiger partial charge is 0.269 e. The van der Waals surface area contributed by atoms with Crippen molar-refractivity contribution in [3.05, 3.63) is 28.5 Å². The number of aliphatic hydroxyl groups excluding tert-OH is 1. The number of nitrogens with zero attached hydrogens (tertiary/aromatic N) is 1. The van der Waals surface area contributed by atoms with E-state index in [2.05, 4.69) is 26.2 Å². The molecule has 0 saturated carbocycles. The minimum atomic E-state index is -0.158. The molecule has 0 aliphatic carbocycles. The fraction of sp³-hybridized carbons (Fsp3) is 0.455. The van der Waals surface area contributed by atoms with Crippen LogP contribution < -0.4 is 5.32 Å². The summed E-state index contributed by atoms with van der Waals surface area (Å²) in [6, 6.07) is 5.24. The van der Waals surface area contributed by atoms with Crippen LogP contribution in [0, 0.1) is 0 Å². The third-order valence-corrected chi connectivity index (χ3v) is 3.44. The average Bonchev–Trinajstić information content (AvgIpc) is 2.33. The van der Waals surface area contributed by atoms with Gasteiger partial charge >= 0.3 is 0 Å². The summed E-state index contributed by atoms with van der Waals surface area (Å²) in [6.45, 7) is 0.838. The summed E-state index contributed by atoms with van der Waals surface area (Å²) in [6.07, 6.45) is 0.797. The second-order valence-electron chi connectivity index (χ2n) is 3.29. The molecule has 6 heteroatoms. The van der Waals surface area contributed by atoms with Gasteiger partial charge < -0.3 is 10.4 Å². The van der Waals surface area contributed by atoms with Crippen molar-refractivity contribution in [3.8, 4) is 0 Å². The molecular formula is C11H15BrN2O2S. The zero-order chi connectivity index (χ0) is 12.5. The van der Waals surface area contributed by atoms with Crippen molar-refractivity contribution in [2.45, 2.75) is 6.42 Å². The molecule has 1 heterocycles. The maximum Gasteiger partial charge on any atom is 0.269 e. The Labute approximate surface area is 113 Å². The zero-order valence-corrected chi connectivity index (χ0v) is 11.8. The summed E-state index contributed by atoms with van der Waals surface area (Å²) < 4.78 is 0.655. The summed E-state index contributed by atoms with van der Waals surface area (Å²) in [5.41, 5.74) is 0.416. The highest BCUT2D eigenvalue weighted by Gasteiger charge is 2.05. The Balaban J connectivity index is 2.21. The Hall–Kier alpha value is -0.590. The molecule has 0 aliphatic heterocycles. The van der Waals surface area contributed by atoms with E-state index in [1.165, 1.54) is 0 Å². The lowest BCUT2D eigenvalue weighted by molar-refractivity contribution is 0.0951. The van der Waals surface area contributed by atoms with Gasteiger partial charge in [-0.1, -0.05) is 6.07 Å². The van der Waals surface area contributed by atoms with Gasteiger partial charge in [-0.05, 0) is 40.2 Å². The molecule has 17 heavy (non-hydrogen) atoms. The molecule has 0 saturated heterocycles. The largest absolute Gasteiger partial charge is 0.396 e. The van der Waals surface area contributed by atoms with Crippen LogP contribution in [0.15, 0.2) is 22.8 Å². The Bertz CT molecular complexity index is 363. The van der Waals surface area contributed by atoms with Gasteiger partial charge in [0.1, 0.15) is 10.3 Å². The van der Waals surface area contributed by atoms with Gasteiger partial charge in [-0.3, -0.25) is 4.79 Å². The Morgan fingerprint density at radius 2 is 2.29 bits per heavy atom. The fourth-order valence-electron chi connectivity index (χ4n) is 1.13. The highest BCUT2D eigenvalue weighted by molar-refractivity contribution is 9.10. The molecule has 1 aromatic heterocycles. The molecule has 0 unspecified atom stereocenters. The first-order chi connectivity index (χ1) is 8.24. The molecule has 1 amide bonds. The number of aliphatic hydroxyl groups is 1. The summed E-state index contributed by atoms with van der Waals surface area (Å²) >= 11 is 4.94. The lowest BCUT2D eigenvalue weighted by atomic mass is 10.3. The molecule has 0 spiro atoms. The molecule has 1 aromatic rings. The highest BCUT2D eigenvalue weighted by Crippen LogP contribution is 2.06. The average molecular weight is 319 g/mol. The van der Waals surface area contributed by atoms with Crippen LogP contribution in [0.4, 0.5) is 0 Å². The van der Waals surface area contributed by atoms with E-state index >= 15 is 0 Å². The number of hydrogen-bond donors (Lipinski definition) is 2. The van der Waals surface area contributed by atoms with E-state index < -0.39 is 0 Å². The lowest BCUT2D eigenvalue weighted by Gasteiger charge is -2.04. The van der Waals surface area contributed by atoms with Gasteiger partial charge in [0.2, 0.25) is 0 Å². The normalized spacial score (nSPS) is 10.2. The molecule has 0 aromatic carbocycles. The zero-order valence-electron chi connectivity index (χ0n) is 9.36. The van der Waals surface area contributed by atoms with E-state index in [0.717, 1.165) is 17.9 Å². The number of carbonyl (C=O) groups is 1. The maximum atomic E-state index is 11.6. The SMILES string of the molecule is O=C(NCCSCCCO)c1cccc(Br)n1. The van der Waals surface area contributed by atoms with Crippen molar-refractivity contribution in [1.29, 1.82) is 0 Å². The van der Waals surface area contributed by atoms with E-state index in [-0.39, 0.29) is 12.5 Å². The lowest BCUT2D eigenvalue weighted by Crippen LogP contribution is -2.26. The number of amides is 1. The summed E-state index contributed by atoms with van der Waals surface area (Å²) in [5.74, 6) is 1.61. The van der Waals surface area contributed by atoms with Gasteiger partial charge in [-0.15, -0.1) is 0 Å². The number of halogens is 1. The van der Waals surface area contributed by atoms with Crippen molar-refractivity contribution in [3.63, 3.8) is 0 Å². The predicted octanol–water partition coefficient (Wildman–Crippen LogP) is 1.69. The monoisotopic (exact) mass is 318 g/mol. The van der Waals surface area contributed by atoms with E-state index in [1.807, 2.05) is 0 Å². The molecular weight excluding hydrogens is 304 g/mol. The molecule has 0 atom stereocenters. The molecule has 0 fully saturated rings. The van der Waals surface area contributed by atoms with Crippen LogP contribution in [-0.2, 0) is 0 Å². The number of carbonyl (C=O) groups excluding carboxylic acids is 1. The van der Waals surface area contributed by atoms with Crippen LogP contribution in [-0.4, -0.2) is 40.7 Å². The first-order valence-corrected chi connectivity index (χ1v) is 7.28. The quantitative estimate of drug-likeness (QED) is 0.593. The minimum absolute atomic E-state index is 0.158. The van der Waals surface area contributed by atoms with Crippen molar-refractivity contribution >= 4 is 33.6 Å². The van der Waals surface area contributed by atoms with Gasteiger partial charge in [0.25, 0.3) is 5.91 Å². The maximum absolute atomic E-state index is 11.6.